The van der Waals surface area contributed by atoms with Crippen LogP contribution >= 0.6 is 0 Å². The van der Waals surface area contributed by atoms with E-state index in [1.54, 1.807) is 29.1 Å². The summed E-state index contributed by atoms with van der Waals surface area (Å²) >= 11 is 0. The van der Waals surface area contributed by atoms with Gasteiger partial charge < -0.3 is 10.8 Å². The third-order valence-corrected chi connectivity index (χ3v) is 2.36. The van der Waals surface area contributed by atoms with E-state index in [9.17, 15) is 4.79 Å². The maximum absolute atomic E-state index is 10.9. The molecule has 1 aromatic heterocycles. The molecule has 2 rings (SSSR count). The Kier molecular flexibility index (Phi) is 3.15. The van der Waals surface area contributed by atoms with Gasteiger partial charge in [-0.1, -0.05) is 11.3 Å². The molecule has 6 heteroatoms. The van der Waals surface area contributed by atoms with Gasteiger partial charge in [0.05, 0.1) is 23.1 Å². The summed E-state index contributed by atoms with van der Waals surface area (Å²) in [7, 11) is 0. The van der Waals surface area contributed by atoms with Crippen LogP contribution in [0.3, 0.4) is 0 Å². The maximum atomic E-state index is 10.9. The molecule has 1 aromatic carbocycles. The molecule has 0 saturated heterocycles. The third kappa shape index (κ3) is 2.31. The van der Waals surface area contributed by atoms with Crippen LogP contribution in [0.4, 0.5) is 0 Å². The number of carbonyl (C=O) groups is 1. The average molecular weight is 232 g/mol. The van der Waals surface area contributed by atoms with Crippen LogP contribution in [0.1, 0.15) is 16.1 Å². The summed E-state index contributed by atoms with van der Waals surface area (Å²) in [4.78, 5) is 10.9. The molecule has 0 bridgehead atoms. The van der Waals surface area contributed by atoms with Gasteiger partial charge in [0, 0.05) is 6.42 Å². The summed E-state index contributed by atoms with van der Waals surface area (Å²) in [6.45, 7) is 0.492. The Morgan fingerprint density at radius 1 is 1.47 bits per heavy atom. The fourth-order valence-corrected chi connectivity index (χ4v) is 1.56. The van der Waals surface area contributed by atoms with Crippen LogP contribution in [0, 0.1) is 0 Å². The number of hydrogen-bond donors (Lipinski definition) is 2. The first-order valence-corrected chi connectivity index (χ1v) is 5.15. The minimum atomic E-state index is -0.965. The molecule has 0 unspecified atom stereocenters. The van der Waals surface area contributed by atoms with E-state index in [-0.39, 0.29) is 5.56 Å². The van der Waals surface area contributed by atoms with E-state index in [1.807, 2.05) is 0 Å². The Labute approximate surface area is 97.7 Å². The number of carboxylic acid groups (broad SMARTS) is 1. The van der Waals surface area contributed by atoms with Gasteiger partial charge in [-0.05, 0) is 24.7 Å². The fourth-order valence-electron chi connectivity index (χ4n) is 1.56. The fraction of sp³-hybridized carbons (Fsp3) is 0.182. The minimum Gasteiger partial charge on any atom is -0.478 e. The molecule has 0 radical (unpaired) electrons. The molecule has 0 aliphatic rings. The second kappa shape index (κ2) is 4.75. The van der Waals surface area contributed by atoms with Crippen molar-refractivity contribution in [1.82, 2.24) is 15.0 Å². The second-order valence-corrected chi connectivity index (χ2v) is 3.53. The van der Waals surface area contributed by atoms with Crippen LogP contribution in [0.5, 0.6) is 0 Å². The first-order valence-electron chi connectivity index (χ1n) is 5.15. The van der Waals surface area contributed by atoms with E-state index in [4.69, 9.17) is 10.8 Å². The minimum absolute atomic E-state index is 0.219. The number of aromatic nitrogens is 3. The predicted octanol–water partition coefficient (Wildman–Crippen LogP) is 0.467. The lowest BCUT2D eigenvalue weighted by Crippen LogP contribution is -2.09. The van der Waals surface area contributed by atoms with E-state index in [2.05, 4.69) is 10.3 Å². The lowest BCUT2D eigenvalue weighted by molar-refractivity contribution is 0.0697. The third-order valence-electron chi connectivity index (χ3n) is 2.36. The Hall–Kier alpha value is -2.21. The van der Waals surface area contributed by atoms with Crippen molar-refractivity contribution in [1.29, 1.82) is 0 Å². The highest BCUT2D eigenvalue weighted by Gasteiger charge is 2.08. The van der Waals surface area contributed by atoms with Crippen molar-refractivity contribution in [3.05, 3.63) is 41.7 Å². The van der Waals surface area contributed by atoms with Crippen LogP contribution in [0.2, 0.25) is 0 Å². The molecule has 6 nitrogen and oxygen atoms in total. The van der Waals surface area contributed by atoms with Crippen LogP contribution in [0.15, 0.2) is 30.5 Å². The largest absolute Gasteiger partial charge is 0.478 e. The van der Waals surface area contributed by atoms with Crippen LogP contribution in [0.25, 0.3) is 5.69 Å². The number of hydrogen-bond acceptors (Lipinski definition) is 4. The quantitative estimate of drug-likeness (QED) is 0.799. The monoisotopic (exact) mass is 232 g/mol. The van der Waals surface area contributed by atoms with E-state index < -0.39 is 5.97 Å². The summed E-state index contributed by atoms with van der Waals surface area (Å²) in [6, 6.07) is 6.54. The number of benzene rings is 1. The highest BCUT2D eigenvalue weighted by atomic mass is 16.4. The van der Waals surface area contributed by atoms with Gasteiger partial charge >= 0.3 is 5.97 Å². The summed E-state index contributed by atoms with van der Waals surface area (Å²) in [5.41, 5.74) is 7.23. The molecule has 0 atom stereocenters. The van der Waals surface area contributed by atoms with Crippen LogP contribution in [-0.2, 0) is 6.42 Å². The molecule has 2 aromatic rings. The first kappa shape index (κ1) is 11.3. The molecule has 17 heavy (non-hydrogen) atoms. The summed E-state index contributed by atoms with van der Waals surface area (Å²) < 4.78 is 1.60. The van der Waals surface area contributed by atoms with Crippen molar-refractivity contribution in [2.75, 3.05) is 6.54 Å². The summed E-state index contributed by atoms with van der Waals surface area (Å²) in [5.74, 6) is -0.965. The normalized spacial score (nSPS) is 10.4. The number of nitrogens with zero attached hydrogens (tertiary/aromatic N) is 3. The molecule has 88 valence electrons. The van der Waals surface area contributed by atoms with E-state index in [1.165, 1.54) is 6.07 Å². The SMILES string of the molecule is NCCc1cnnn1-c1cccc(C(=O)O)c1. The molecule has 0 fully saturated rings. The number of carboxylic acids is 1. The van der Waals surface area contributed by atoms with Gasteiger partial charge in [0.2, 0.25) is 0 Å². The van der Waals surface area contributed by atoms with Gasteiger partial charge in [0.25, 0.3) is 0 Å². The molecule has 0 saturated carbocycles. The molecular weight excluding hydrogens is 220 g/mol. The molecule has 1 heterocycles. The first-order chi connectivity index (χ1) is 8.22. The summed E-state index contributed by atoms with van der Waals surface area (Å²) in [5, 5.41) is 16.6. The highest BCUT2D eigenvalue weighted by Crippen LogP contribution is 2.12. The molecule has 0 amide bonds. The van der Waals surface area contributed by atoms with Gasteiger partial charge in [-0.25, -0.2) is 9.48 Å². The van der Waals surface area contributed by atoms with Gasteiger partial charge in [0.15, 0.2) is 0 Å². The van der Waals surface area contributed by atoms with Crippen molar-refractivity contribution in [3.63, 3.8) is 0 Å². The van der Waals surface area contributed by atoms with Crippen molar-refractivity contribution in [2.45, 2.75) is 6.42 Å². The second-order valence-electron chi connectivity index (χ2n) is 3.53. The molecule has 3 N–H and O–H groups in total. The zero-order valence-corrected chi connectivity index (χ0v) is 9.08. The summed E-state index contributed by atoms with van der Waals surface area (Å²) in [6.07, 6.45) is 2.27. The highest BCUT2D eigenvalue weighted by molar-refractivity contribution is 5.88. The van der Waals surface area contributed by atoms with Crippen LogP contribution in [-0.4, -0.2) is 32.6 Å². The van der Waals surface area contributed by atoms with Crippen molar-refractivity contribution in [2.24, 2.45) is 5.73 Å². The Bertz CT molecular complexity index is 536. The van der Waals surface area contributed by atoms with Crippen molar-refractivity contribution < 1.29 is 9.90 Å². The predicted molar refractivity (Wildman–Crippen MR) is 61.1 cm³/mol. The Balaban J connectivity index is 2.42. The Morgan fingerprint density at radius 3 is 3.00 bits per heavy atom. The van der Waals surface area contributed by atoms with Gasteiger partial charge in [-0.2, -0.15) is 0 Å². The zero-order valence-electron chi connectivity index (χ0n) is 9.08. The van der Waals surface area contributed by atoms with Gasteiger partial charge in [-0.3, -0.25) is 0 Å². The van der Waals surface area contributed by atoms with E-state index in [0.29, 0.717) is 18.7 Å². The smallest absolute Gasteiger partial charge is 0.335 e. The molecule has 0 spiro atoms. The van der Waals surface area contributed by atoms with Crippen molar-refractivity contribution in [3.8, 4) is 5.69 Å². The van der Waals surface area contributed by atoms with Crippen LogP contribution < -0.4 is 5.73 Å². The Morgan fingerprint density at radius 2 is 2.29 bits per heavy atom. The molecule has 0 aliphatic carbocycles. The number of aromatic carboxylic acids is 1. The zero-order chi connectivity index (χ0) is 12.3. The lowest BCUT2D eigenvalue weighted by atomic mass is 10.2. The van der Waals surface area contributed by atoms with Gasteiger partial charge in [0.1, 0.15) is 0 Å². The number of nitrogens with two attached hydrogens (primary N) is 1. The van der Waals surface area contributed by atoms with E-state index in [0.717, 1.165) is 5.69 Å². The lowest BCUT2D eigenvalue weighted by Gasteiger charge is -2.05. The maximum Gasteiger partial charge on any atom is 0.335 e. The molecular formula is C11H12N4O2. The topological polar surface area (TPSA) is 94.0 Å². The van der Waals surface area contributed by atoms with Crippen molar-refractivity contribution >= 4 is 5.97 Å². The average Bonchev–Trinajstić information content (AvgIpc) is 2.78. The van der Waals surface area contributed by atoms with E-state index >= 15 is 0 Å². The standard InChI is InChI=1S/C11H12N4O2/c12-5-4-10-7-13-14-15(10)9-3-1-2-8(6-9)11(16)17/h1-3,6-7H,4-5,12H2,(H,16,17). The molecule has 0 aliphatic heterocycles. The van der Waals surface area contributed by atoms with Gasteiger partial charge in [-0.15, -0.1) is 5.10 Å². The number of rotatable bonds is 4.